The highest BCUT2D eigenvalue weighted by molar-refractivity contribution is 7.16. The summed E-state index contributed by atoms with van der Waals surface area (Å²) in [6, 6.07) is 7.05. The van der Waals surface area contributed by atoms with Gasteiger partial charge in [-0.2, -0.15) is 13.2 Å². The Bertz CT molecular complexity index is 986. The molecule has 0 atom stereocenters. The van der Waals surface area contributed by atoms with Crippen LogP contribution in [0.15, 0.2) is 35.7 Å². The predicted octanol–water partition coefficient (Wildman–Crippen LogP) is 5.11. The normalized spacial score (nSPS) is 15.6. The molecule has 1 aromatic carbocycles. The van der Waals surface area contributed by atoms with E-state index in [1.807, 2.05) is 11.4 Å². The SMILES string of the molecule is FC(F)(F)c1cccc(Nc2nc(CCCCN3CCOCC3)nc3sccc23)c1. The predicted molar refractivity (Wildman–Crippen MR) is 112 cm³/mol. The van der Waals surface area contributed by atoms with Crippen LogP contribution in [-0.2, 0) is 17.3 Å². The first-order valence-corrected chi connectivity index (χ1v) is 10.9. The zero-order valence-corrected chi connectivity index (χ0v) is 17.2. The Balaban J connectivity index is 1.45. The van der Waals surface area contributed by atoms with Gasteiger partial charge in [0.25, 0.3) is 0 Å². The lowest BCUT2D eigenvalue weighted by Gasteiger charge is -2.26. The van der Waals surface area contributed by atoms with Crippen LogP contribution in [0.5, 0.6) is 0 Å². The van der Waals surface area contributed by atoms with Crippen LogP contribution in [0, 0.1) is 0 Å². The molecule has 3 aromatic rings. The maximum Gasteiger partial charge on any atom is 0.416 e. The van der Waals surface area contributed by atoms with Crippen molar-refractivity contribution in [2.24, 2.45) is 0 Å². The number of nitrogens with zero attached hydrogens (tertiary/aromatic N) is 3. The van der Waals surface area contributed by atoms with Gasteiger partial charge >= 0.3 is 6.18 Å². The van der Waals surface area contributed by atoms with E-state index in [0.717, 1.165) is 74.5 Å². The van der Waals surface area contributed by atoms with E-state index in [2.05, 4.69) is 20.2 Å². The lowest BCUT2D eigenvalue weighted by molar-refractivity contribution is -0.137. The molecule has 1 saturated heterocycles. The lowest BCUT2D eigenvalue weighted by atomic mass is 10.2. The monoisotopic (exact) mass is 436 g/mol. The first kappa shape index (κ1) is 21.0. The minimum Gasteiger partial charge on any atom is -0.379 e. The number of benzene rings is 1. The average molecular weight is 437 g/mol. The number of aromatic nitrogens is 2. The van der Waals surface area contributed by atoms with Crippen LogP contribution in [0.1, 0.15) is 24.2 Å². The number of unbranched alkanes of at least 4 members (excludes halogenated alkanes) is 1. The Hall–Kier alpha value is -2.23. The number of hydrogen-bond donors (Lipinski definition) is 1. The number of aryl methyl sites for hydroxylation is 1. The summed E-state index contributed by atoms with van der Waals surface area (Å²) in [5.74, 6) is 1.25. The van der Waals surface area contributed by atoms with Gasteiger partial charge in [-0.25, -0.2) is 9.97 Å². The number of anilines is 2. The highest BCUT2D eigenvalue weighted by atomic mass is 32.1. The lowest BCUT2D eigenvalue weighted by Crippen LogP contribution is -2.36. The summed E-state index contributed by atoms with van der Waals surface area (Å²) < 4.78 is 44.4. The zero-order valence-electron chi connectivity index (χ0n) is 16.4. The molecule has 4 rings (SSSR count). The van der Waals surface area contributed by atoms with Gasteiger partial charge in [0.2, 0.25) is 0 Å². The van der Waals surface area contributed by atoms with Gasteiger partial charge in [-0.15, -0.1) is 11.3 Å². The summed E-state index contributed by atoms with van der Waals surface area (Å²) in [5.41, 5.74) is -0.333. The molecule has 1 aliphatic heterocycles. The summed E-state index contributed by atoms with van der Waals surface area (Å²) in [5, 5.41) is 5.79. The molecule has 0 saturated carbocycles. The van der Waals surface area contributed by atoms with E-state index in [0.29, 0.717) is 17.3 Å². The fourth-order valence-electron chi connectivity index (χ4n) is 3.46. The number of alkyl halides is 3. The van der Waals surface area contributed by atoms with Gasteiger partial charge in [0.15, 0.2) is 0 Å². The Morgan fingerprint density at radius 2 is 1.93 bits per heavy atom. The van der Waals surface area contributed by atoms with Gasteiger partial charge in [-0.1, -0.05) is 6.07 Å². The number of nitrogens with one attached hydrogen (secondary N) is 1. The molecule has 0 bridgehead atoms. The van der Waals surface area contributed by atoms with E-state index in [-0.39, 0.29) is 0 Å². The van der Waals surface area contributed by atoms with Crippen LogP contribution in [0.3, 0.4) is 0 Å². The molecule has 0 spiro atoms. The van der Waals surface area contributed by atoms with E-state index in [9.17, 15) is 13.2 Å². The van der Waals surface area contributed by atoms with Gasteiger partial charge in [0.1, 0.15) is 16.5 Å². The molecule has 2 aromatic heterocycles. The first-order valence-electron chi connectivity index (χ1n) is 9.97. The molecule has 0 aliphatic carbocycles. The molecular weight excluding hydrogens is 413 g/mol. The zero-order chi connectivity index (χ0) is 21.0. The van der Waals surface area contributed by atoms with Crippen molar-refractivity contribution < 1.29 is 17.9 Å². The maximum absolute atomic E-state index is 13.0. The van der Waals surface area contributed by atoms with E-state index >= 15 is 0 Å². The summed E-state index contributed by atoms with van der Waals surface area (Å²) in [4.78, 5) is 12.5. The molecule has 30 heavy (non-hydrogen) atoms. The van der Waals surface area contributed by atoms with Crippen molar-refractivity contribution in [3.63, 3.8) is 0 Å². The standard InChI is InChI=1S/C21H23F3N4OS/c22-21(23,24)15-4-3-5-16(14-15)25-19-17-7-13-30-20(17)27-18(26-19)6-1-2-8-28-9-11-29-12-10-28/h3-5,7,13-14H,1-2,6,8-12H2,(H,25,26,27). The second kappa shape index (κ2) is 9.28. The molecule has 1 N–H and O–H groups in total. The fourth-order valence-corrected chi connectivity index (χ4v) is 4.24. The number of thiophene rings is 1. The van der Waals surface area contributed by atoms with E-state index < -0.39 is 11.7 Å². The third kappa shape index (κ3) is 5.27. The fraction of sp³-hybridized carbons (Fsp3) is 0.429. The van der Waals surface area contributed by atoms with Gasteiger partial charge in [0.05, 0.1) is 24.2 Å². The van der Waals surface area contributed by atoms with Crippen molar-refractivity contribution in [1.82, 2.24) is 14.9 Å². The van der Waals surface area contributed by atoms with Gasteiger partial charge in [-0.05, 0) is 49.0 Å². The Kier molecular flexibility index (Phi) is 6.50. The highest BCUT2D eigenvalue weighted by Gasteiger charge is 2.30. The molecular formula is C21H23F3N4OS. The van der Waals surface area contributed by atoms with Crippen LogP contribution < -0.4 is 5.32 Å². The second-order valence-electron chi connectivity index (χ2n) is 7.24. The van der Waals surface area contributed by atoms with Crippen LogP contribution >= 0.6 is 11.3 Å². The van der Waals surface area contributed by atoms with Crippen LogP contribution in [0.4, 0.5) is 24.7 Å². The van der Waals surface area contributed by atoms with E-state index in [1.165, 1.54) is 17.4 Å². The Morgan fingerprint density at radius 3 is 2.73 bits per heavy atom. The summed E-state index contributed by atoms with van der Waals surface area (Å²) in [6.07, 6.45) is -1.65. The topological polar surface area (TPSA) is 50.3 Å². The van der Waals surface area contributed by atoms with Gasteiger partial charge in [-0.3, -0.25) is 4.90 Å². The number of halogens is 3. The minimum absolute atomic E-state index is 0.356. The number of ether oxygens (including phenoxy) is 1. The minimum atomic E-state index is -4.38. The average Bonchev–Trinajstić information content (AvgIpc) is 3.21. The number of rotatable bonds is 7. The molecule has 9 heteroatoms. The van der Waals surface area contributed by atoms with Crippen molar-refractivity contribution >= 4 is 33.1 Å². The third-order valence-corrected chi connectivity index (χ3v) is 5.86. The van der Waals surface area contributed by atoms with E-state index in [1.54, 1.807) is 6.07 Å². The van der Waals surface area contributed by atoms with Crippen molar-refractivity contribution in [2.45, 2.75) is 25.4 Å². The molecule has 1 aliphatic rings. The molecule has 5 nitrogen and oxygen atoms in total. The summed E-state index contributed by atoms with van der Waals surface area (Å²) >= 11 is 1.50. The first-order chi connectivity index (χ1) is 14.5. The van der Waals surface area contributed by atoms with Crippen LogP contribution in [0.25, 0.3) is 10.2 Å². The molecule has 0 unspecified atom stereocenters. The third-order valence-electron chi connectivity index (χ3n) is 5.05. The van der Waals surface area contributed by atoms with Crippen molar-refractivity contribution in [1.29, 1.82) is 0 Å². The van der Waals surface area contributed by atoms with Gasteiger partial charge < -0.3 is 10.1 Å². The Labute approximate surface area is 176 Å². The van der Waals surface area contributed by atoms with Crippen molar-refractivity contribution in [3.05, 3.63) is 47.1 Å². The van der Waals surface area contributed by atoms with Crippen molar-refractivity contribution in [3.8, 4) is 0 Å². The Morgan fingerprint density at radius 1 is 1.10 bits per heavy atom. The smallest absolute Gasteiger partial charge is 0.379 e. The highest BCUT2D eigenvalue weighted by Crippen LogP contribution is 2.33. The largest absolute Gasteiger partial charge is 0.416 e. The van der Waals surface area contributed by atoms with E-state index in [4.69, 9.17) is 4.74 Å². The summed E-state index contributed by atoms with van der Waals surface area (Å²) in [7, 11) is 0. The van der Waals surface area contributed by atoms with Gasteiger partial charge in [0, 0.05) is 25.2 Å². The molecule has 3 heterocycles. The van der Waals surface area contributed by atoms with Crippen LogP contribution in [-0.4, -0.2) is 47.7 Å². The molecule has 0 radical (unpaired) electrons. The molecule has 160 valence electrons. The maximum atomic E-state index is 13.0. The number of fused-ring (bicyclic) bond motifs is 1. The molecule has 0 amide bonds. The number of hydrogen-bond acceptors (Lipinski definition) is 6. The quantitative estimate of drug-likeness (QED) is 0.522. The molecule has 1 fully saturated rings. The second-order valence-corrected chi connectivity index (χ2v) is 8.14. The van der Waals surface area contributed by atoms with Crippen LogP contribution in [0.2, 0.25) is 0 Å². The summed E-state index contributed by atoms with van der Waals surface area (Å²) in [6.45, 7) is 4.57. The number of morpholine rings is 1. The van der Waals surface area contributed by atoms with Crippen molar-refractivity contribution in [2.75, 3.05) is 38.2 Å².